The number of nitro groups is 1. The Morgan fingerprint density at radius 3 is 2.70 bits per heavy atom. The molecule has 0 saturated carbocycles. The minimum Gasteiger partial charge on any atom is -0.491 e. The molecule has 3 aromatic rings. The number of para-hydroxylation sites is 1. The van der Waals surface area contributed by atoms with Crippen LogP contribution in [0.4, 0.5) is 5.69 Å². The van der Waals surface area contributed by atoms with Crippen molar-refractivity contribution in [3.05, 3.63) is 99.7 Å². The first-order valence-corrected chi connectivity index (χ1v) is 12.7. The van der Waals surface area contributed by atoms with Gasteiger partial charge in [0, 0.05) is 11.6 Å². The number of ether oxygens (including phenoxy) is 2. The van der Waals surface area contributed by atoms with E-state index in [1.54, 1.807) is 38.1 Å². The van der Waals surface area contributed by atoms with Crippen molar-refractivity contribution in [2.45, 2.75) is 39.8 Å². The third kappa shape index (κ3) is 5.21. The second-order valence-electron chi connectivity index (χ2n) is 8.47. The highest BCUT2D eigenvalue weighted by Gasteiger charge is 2.35. The van der Waals surface area contributed by atoms with Crippen molar-refractivity contribution in [1.82, 2.24) is 4.57 Å². The number of nitro benzene ring substituents is 1. The number of hydrogen-bond acceptors (Lipinski definition) is 8. The molecule has 1 aliphatic heterocycles. The van der Waals surface area contributed by atoms with Gasteiger partial charge < -0.3 is 9.47 Å². The second-order valence-corrected chi connectivity index (χ2v) is 9.89. The smallest absolute Gasteiger partial charge is 0.338 e. The maximum Gasteiger partial charge on any atom is 0.338 e. The number of aromatic nitrogens is 1. The fourth-order valence-corrected chi connectivity index (χ4v) is 5.30. The van der Waals surface area contributed by atoms with Gasteiger partial charge >= 0.3 is 5.97 Å². The van der Waals surface area contributed by atoms with E-state index < -0.39 is 22.5 Å². The normalized spacial score (nSPS) is 15.4. The van der Waals surface area contributed by atoms with Crippen LogP contribution in [0.5, 0.6) is 5.75 Å². The summed E-state index contributed by atoms with van der Waals surface area (Å²) >= 11 is 7.06. The minimum atomic E-state index is -0.841. The lowest BCUT2D eigenvalue weighted by Gasteiger charge is -2.26. The van der Waals surface area contributed by atoms with E-state index in [4.69, 9.17) is 21.1 Å². The average molecular weight is 542 g/mol. The SMILES string of the molecule is CCOC(=O)C1=C(C)N=c2s/c(=C/c3ccc(Cl)c([N+](=O)[O-])c3)c(=O)n2[C@H]1c1ccccc1OC(C)C. The van der Waals surface area contributed by atoms with E-state index in [0.717, 1.165) is 11.3 Å². The molecule has 0 unspecified atom stereocenters. The molecule has 11 heteroatoms. The molecular weight excluding hydrogens is 518 g/mol. The Morgan fingerprint density at radius 1 is 1.30 bits per heavy atom. The van der Waals surface area contributed by atoms with Crippen LogP contribution in [0.25, 0.3) is 6.08 Å². The largest absolute Gasteiger partial charge is 0.491 e. The number of rotatable bonds is 7. The molecule has 2 aromatic carbocycles. The van der Waals surface area contributed by atoms with Gasteiger partial charge in [-0.2, -0.15) is 0 Å². The van der Waals surface area contributed by atoms with Crippen molar-refractivity contribution in [3.63, 3.8) is 0 Å². The van der Waals surface area contributed by atoms with Crippen LogP contribution in [0, 0.1) is 10.1 Å². The Kier molecular flexibility index (Phi) is 7.60. The standard InChI is InChI=1S/C26H24ClN3O6S/c1-5-35-25(32)22-15(4)28-26-29(23(22)17-8-6-7-9-20(17)36-14(2)3)24(31)21(37-26)13-16-10-11-18(27)19(12-16)30(33)34/h6-14,23H,5H2,1-4H3/b21-13+/t23-/m0/s1. The van der Waals surface area contributed by atoms with E-state index in [1.165, 1.54) is 16.7 Å². The predicted octanol–water partition coefficient (Wildman–Crippen LogP) is 4.15. The quantitative estimate of drug-likeness (QED) is 0.252. The molecule has 0 radical (unpaired) electrons. The average Bonchev–Trinajstić information content (AvgIpc) is 3.13. The molecule has 0 aliphatic carbocycles. The number of benzene rings is 2. The molecule has 1 aliphatic rings. The molecule has 1 atom stereocenters. The monoisotopic (exact) mass is 541 g/mol. The summed E-state index contributed by atoms with van der Waals surface area (Å²) in [5.74, 6) is -0.0439. The Balaban J connectivity index is 1.98. The molecule has 1 aromatic heterocycles. The molecule has 2 heterocycles. The number of hydrogen-bond donors (Lipinski definition) is 0. The third-order valence-corrected chi connectivity index (χ3v) is 6.86. The van der Waals surface area contributed by atoms with Gasteiger partial charge in [-0.3, -0.25) is 19.5 Å². The predicted molar refractivity (Wildman–Crippen MR) is 141 cm³/mol. The van der Waals surface area contributed by atoms with Crippen molar-refractivity contribution in [1.29, 1.82) is 0 Å². The maximum absolute atomic E-state index is 13.8. The Bertz CT molecular complexity index is 1600. The molecular formula is C26H24ClN3O6S. The van der Waals surface area contributed by atoms with Crippen LogP contribution in [-0.2, 0) is 9.53 Å². The zero-order chi connectivity index (χ0) is 26.9. The van der Waals surface area contributed by atoms with Gasteiger partial charge in [0.25, 0.3) is 11.2 Å². The minimum absolute atomic E-state index is 0.0000673. The summed E-state index contributed by atoms with van der Waals surface area (Å²) in [5.41, 5.74) is 1.05. The van der Waals surface area contributed by atoms with Crippen LogP contribution >= 0.6 is 22.9 Å². The van der Waals surface area contributed by atoms with Gasteiger partial charge in [0.15, 0.2) is 4.80 Å². The van der Waals surface area contributed by atoms with Crippen molar-refractivity contribution in [3.8, 4) is 5.75 Å². The van der Waals surface area contributed by atoms with Crippen LogP contribution in [0.3, 0.4) is 0 Å². The fourth-order valence-electron chi connectivity index (χ4n) is 4.06. The lowest BCUT2D eigenvalue weighted by molar-refractivity contribution is -0.384. The van der Waals surface area contributed by atoms with Crippen LogP contribution in [0.2, 0.25) is 5.02 Å². The number of nitrogens with zero attached hydrogens (tertiary/aromatic N) is 3. The summed E-state index contributed by atoms with van der Waals surface area (Å²) in [7, 11) is 0. The van der Waals surface area contributed by atoms with Gasteiger partial charge in [0.2, 0.25) is 0 Å². The highest BCUT2D eigenvalue weighted by molar-refractivity contribution is 7.07. The summed E-state index contributed by atoms with van der Waals surface area (Å²) in [6.07, 6.45) is 1.40. The van der Waals surface area contributed by atoms with Crippen molar-refractivity contribution in [2.75, 3.05) is 6.61 Å². The highest BCUT2D eigenvalue weighted by atomic mass is 35.5. The van der Waals surface area contributed by atoms with E-state index in [9.17, 15) is 19.7 Å². The molecule has 0 amide bonds. The first kappa shape index (κ1) is 26.3. The molecule has 0 spiro atoms. The van der Waals surface area contributed by atoms with E-state index in [-0.39, 0.29) is 29.0 Å². The molecule has 37 heavy (non-hydrogen) atoms. The van der Waals surface area contributed by atoms with Crippen molar-refractivity contribution < 1.29 is 19.2 Å². The van der Waals surface area contributed by atoms with Gasteiger partial charge in [-0.25, -0.2) is 9.79 Å². The summed E-state index contributed by atoms with van der Waals surface area (Å²) in [6, 6.07) is 10.7. The lowest BCUT2D eigenvalue weighted by Crippen LogP contribution is -2.40. The fraction of sp³-hybridized carbons (Fsp3) is 0.269. The Labute approximate surface area is 221 Å². The molecule has 0 saturated heterocycles. The molecule has 0 N–H and O–H groups in total. The van der Waals surface area contributed by atoms with E-state index in [2.05, 4.69) is 4.99 Å². The number of allylic oxidation sites excluding steroid dienone is 1. The zero-order valence-corrected chi connectivity index (χ0v) is 22.1. The van der Waals surface area contributed by atoms with E-state index >= 15 is 0 Å². The van der Waals surface area contributed by atoms with Gasteiger partial charge in [-0.1, -0.05) is 47.2 Å². The number of thiazole rings is 1. The van der Waals surface area contributed by atoms with Crippen molar-refractivity contribution in [2.24, 2.45) is 4.99 Å². The number of halogens is 1. The van der Waals surface area contributed by atoms with Gasteiger partial charge in [-0.05, 0) is 51.5 Å². The summed E-state index contributed by atoms with van der Waals surface area (Å²) in [5, 5.41) is 11.3. The molecule has 192 valence electrons. The first-order valence-electron chi connectivity index (χ1n) is 11.5. The summed E-state index contributed by atoms with van der Waals surface area (Å²) in [6.45, 7) is 7.35. The molecule has 4 rings (SSSR count). The Hall–Kier alpha value is -3.76. The van der Waals surface area contributed by atoms with Crippen molar-refractivity contribution >= 4 is 40.7 Å². The zero-order valence-electron chi connectivity index (χ0n) is 20.6. The van der Waals surface area contributed by atoms with E-state index in [1.807, 2.05) is 26.0 Å². The van der Waals surface area contributed by atoms with Gasteiger partial charge in [0.1, 0.15) is 16.8 Å². The number of carbonyl (C=O) groups is 1. The molecule has 0 fully saturated rings. The highest BCUT2D eigenvalue weighted by Crippen LogP contribution is 2.36. The number of carbonyl (C=O) groups excluding carboxylic acids is 1. The van der Waals surface area contributed by atoms with E-state index in [0.29, 0.717) is 31.9 Å². The van der Waals surface area contributed by atoms with Gasteiger partial charge in [-0.15, -0.1) is 0 Å². The molecule has 0 bridgehead atoms. The summed E-state index contributed by atoms with van der Waals surface area (Å²) < 4.78 is 13.1. The summed E-state index contributed by atoms with van der Waals surface area (Å²) in [4.78, 5) is 42.5. The van der Waals surface area contributed by atoms with Crippen LogP contribution in [0.1, 0.15) is 44.9 Å². The first-order chi connectivity index (χ1) is 17.6. The van der Waals surface area contributed by atoms with Gasteiger partial charge in [0.05, 0.1) is 33.4 Å². The Morgan fingerprint density at radius 2 is 2.03 bits per heavy atom. The van der Waals surface area contributed by atoms with Crippen LogP contribution in [0.15, 0.2) is 63.5 Å². The number of esters is 1. The van der Waals surface area contributed by atoms with Crippen LogP contribution in [-0.4, -0.2) is 28.2 Å². The second kappa shape index (κ2) is 10.7. The molecule has 9 nitrogen and oxygen atoms in total. The van der Waals surface area contributed by atoms with Crippen LogP contribution < -0.4 is 19.6 Å². The number of fused-ring (bicyclic) bond motifs is 1. The topological polar surface area (TPSA) is 113 Å². The maximum atomic E-state index is 13.8. The lowest BCUT2D eigenvalue weighted by atomic mass is 9.95. The third-order valence-electron chi connectivity index (χ3n) is 5.56.